The van der Waals surface area contributed by atoms with Crippen molar-refractivity contribution in [1.29, 1.82) is 0 Å². The fourth-order valence-electron chi connectivity index (χ4n) is 2.36. The summed E-state index contributed by atoms with van der Waals surface area (Å²) in [5, 5.41) is 3.41. The molecule has 2 aromatic carbocycles. The summed E-state index contributed by atoms with van der Waals surface area (Å²) in [7, 11) is 1.99. The maximum atomic E-state index is 5.58. The van der Waals surface area contributed by atoms with E-state index in [-0.39, 0.29) is 6.04 Å². The molecule has 0 saturated carbocycles. The van der Waals surface area contributed by atoms with Crippen molar-refractivity contribution in [3.05, 3.63) is 61.1 Å². The number of benzene rings is 2. The quantitative estimate of drug-likeness (QED) is 0.630. The Kier molecular flexibility index (Phi) is 6.08. The third kappa shape index (κ3) is 3.79. The molecule has 1 unspecified atom stereocenters. The molecule has 0 aromatic heterocycles. The van der Waals surface area contributed by atoms with Gasteiger partial charge in [-0.05, 0) is 88.2 Å². The average molecular weight is 460 g/mol. The number of nitrogens with one attached hydrogen (secondary N) is 1. The lowest BCUT2D eigenvalue weighted by atomic mass is 9.97. The Labute approximate surface area is 148 Å². The molecule has 4 heteroatoms. The van der Waals surface area contributed by atoms with E-state index in [4.69, 9.17) is 4.74 Å². The van der Waals surface area contributed by atoms with Crippen LogP contribution in [-0.2, 0) is 0 Å². The van der Waals surface area contributed by atoms with E-state index < -0.39 is 0 Å². The third-order valence-corrected chi connectivity index (χ3v) is 5.50. The second kappa shape index (κ2) is 7.61. The molecule has 21 heavy (non-hydrogen) atoms. The number of halogens is 2. The Morgan fingerprint density at radius 1 is 1.29 bits per heavy atom. The van der Waals surface area contributed by atoms with Gasteiger partial charge in [0.1, 0.15) is 5.75 Å². The zero-order valence-corrected chi connectivity index (χ0v) is 16.2. The van der Waals surface area contributed by atoms with Crippen LogP contribution in [0.3, 0.4) is 0 Å². The van der Waals surface area contributed by atoms with Gasteiger partial charge in [0.15, 0.2) is 0 Å². The Morgan fingerprint density at radius 3 is 2.67 bits per heavy atom. The van der Waals surface area contributed by atoms with Crippen LogP contribution >= 0.6 is 38.5 Å². The molecule has 2 aromatic rings. The van der Waals surface area contributed by atoms with E-state index >= 15 is 0 Å². The number of aryl methyl sites for hydroxylation is 1. The smallest absolute Gasteiger partial charge is 0.133 e. The zero-order valence-electron chi connectivity index (χ0n) is 12.4. The third-order valence-electron chi connectivity index (χ3n) is 3.41. The summed E-state index contributed by atoms with van der Waals surface area (Å²) < 4.78 is 7.88. The summed E-state index contributed by atoms with van der Waals surface area (Å²) in [5.41, 5.74) is 3.82. The predicted octanol–water partition coefficient (Wildman–Crippen LogP) is 5.07. The molecular weight excluding hydrogens is 441 g/mol. The minimum absolute atomic E-state index is 0.170. The SMILES string of the molecule is CCOc1ccc(C(NC)c2cccc(C)c2I)cc1Br. The van der Waals surface area contributed by atoms with Gasteiger partial charge in [-0.25, -0.2) is 0 Å². The Hall–Kier alpha value is -0.590. The Bertz CT molecular complexity index is 630. The van der Waals surface area contributed by atoms with Crippen LogP contribution in [0.1, 0.15) is 29.7 Å². The van der Waals surface area contributed by atoms with E-state index in [1.807, 2.05) is 20.0 Å². The lowest BCUT2D eigenvalue weighted by Gasteiger charge is -2.20. The highest BCUT2D eigenvalue weighted by Crippen LogP contribution is 2.33. The fraction of sp³-hybridized carbons (Fsp3) is 0.294. The topological polar surface area (TPSA) is 21.3 Å². The van der Waals surface area contributed by atoms with Crippen molar-refractivity contribution in [3.8, 4) is 5.75 Å². The van der Waals surface area contributed by atoms with Crippen molar-refractivity contribution in [3.63, 3.8) is 0 Å². The van der Waals surface area contributed by atoms with Crippen LogP contribution in [0.4, 0.5) is 0 Å². The van der Waals surface area contributed by atoms with Crippen molar-refractivity contribution < 1.29 is 4.74 Å². The number of rotatable bonds is 5. The van der Waals surface area contributed by atoms with Crippen molar-refractivity contribution in [2.75, 3.05) is 13.7 Å². The fourth-order valence-corrected chi connectivity index (χ4v) is 3.55. The number of hydrogen-bond donors (Lipinski definition) is 1. The lowest BCUT2D eigenvalue weighted by molar-refractivity contribution is 0.338. The normalized spacial score (nSPS) is 12.2. The van der Waals surface area contributed by atoms with Crippen LogP contribution in [0.2, 0.25) is 0 Å². The van der Waals surface area contributed by atoms with Gasteiger partial charge >= 0.3 is 0 Å². The number of ether oxygens (including phenoxy) is 1. The highest BCUT2D eigenvalue weighted by atomic mass is 127. The first kappa shape index (κ1) is 16.8. The number of hydrogen-bond acceptors (Lipinski definition) is 2. The maximum absolute atomic E-state index is 5.58. The minimum atomic E-state index is 0.170. The van der Waals surface area contributed by atoms with E-state index in [9.17, 15) is 0 Å². The summed E-state index contributed by atoms with van der Waals surface area (Å²) in [6.45, 7) is 4.81. The van der Waals surface area contributed by atoms with Crippen LogP contribution in [0.5, 0.6) is 5.75 Å². The summed E-state index contributed by atoms with van der Waals surface area (Å²) >= 11 is 6.02. The van der Waals surface area contributed by atoms with Crippen molar-refractivity contribution >= 4 is 38.5 Å². The largest absolute Gasteiger partial charge is 0.493 e. The maximum Gasteiger partial charge on any atom is 0.133 e. The minimum Gasteiger partial charge on any atom is -0.493 e. The molecule has 0 aliphatic heterocycles. The Morgan fingerprint density at radius 2 is 2.05 bits per heavy atom. The van der Waals surface area contributed by atoms with Gasteiger partial charge in [0.25, 0.3) is 0 Å². The Balaban J connectivity index is 2.42. The molecule has 0 saturated heterocycles. The first-order valence-electron chi connectivity index (χ1n) is 6.93. The highest BCUT2D eigenvalue weighted by molar-refractivity contribution is 14.1. The average Bonchev–Trinajstić information content (AvgIpc) is 2.47. The van der Waals surface area contributed by atoms with Gasteiger partial charge < -0.3 is 10.1 Å². The summed E-state index contributed by atoms with van der Waals surface area (Å²) in [5.74, 6) is 0.884. The van der Waals surface area contributed by atoms with Gasteiger partial charge in [-0.1, -0.05) is 24.3 Å². The van der Waals surface area contributed by atoms with Crippen LogP contribution < -0.4 is 10.1 Å². The van der Waals surface area contributed by atoms with Crippen LogP contribution in [0.25, 0.3) is 0 Å². The first-order valence-corrected chi connectivity index (χ1v) is 8.80. The van der Waals surface area contributed by atoms with Crippen LogP contribution in [-0.4, -0.2) is 13.7 Å². The molecule has 2 nitrogen and oxygen atoms in total. The molecule has 2 rings (SSSR count). The van der Waals surface area contributed by atoms with E-state index in [1.165, 1.54) is 20.3 Å². The van der Waals surface area contributed by atoms with Crippen LogP contribution in [0.15, 0.2) is 40.9 Å². The van der Waals surface area contributed by atoms with E-state index in [0.29, 0.717) is 6.61 Å². The van der Waals surface area contributed by atoms with Gasteiger partial charge in [-0.15, -0.1) is 0 Å². The first-order chi connectivity index (χ1) is 10.1. The van der Waals surface area contributed by atoms with E-state index in [2.05, 4.69) is 81.1 Å². The van der Waals surface area contributed by atoms with E-state index in [1.54, 1.807) is 0 Å². The molecule has 0 radical (unpaired) electrons. The molecular formula is C17H19BrINO. The van der Waals surface area contributed by atoms with Gasteiger partial charge in [0, 0.05) is 3.57 Å². The standard InChI is InChI=1S/C17H19BrINO/c1-4-21-15-9-8-12(10-14(15)18)17(20-3)13-7-5-6-11(2)16(13)19/h5-10,17,20H,4H2,1-3H3. The van der Waals surface area contributed by atoms with Gasteiger partial charge in [-0.2, -0.15) is 0 Å². The van der Waals surface area contributed by atoms with Gasteiger partial charge in [0.05, 0.1) is 17.1 Å². The van der Waals surface area contributed by atoms with Crippen molar-refractivity contribution in [2.45, 2.75) is 19.9 Å². The van der Waals surface area contributed by atoms with E-state index in [0.717, 1.165) is 10.2 Å². The second-order valence-electron chi connectivity index (χ2n) is 4.82. The monoisotopic (exact) mass is 459 g/mol. The van der Waals surface area contributed by atoms with Gasteiger partial charge in [-0.3, -0.25) is 0 Å². The molecule has 0 aliphatic carbocycles. The molecule has 0 bridgehead atoms. The zero-order chi connectivity index (χ0) is 15.4. The van der Waals surface area contributed by atoms with Crippen molar-refractivity contribution in [2.24, 2.45) is 0 Å². The molecule has 0 heterocycles. The highest BCUT2D eigenvalue weighted by Gasteiger charge is 2.17. The molecule has 0 spiro atoms. The van der Waals surface area contributed by atoms with Crippen LogP contribution in [0, 0.1) is 10.5 Å². The molecule has 0 aliphatic rings. The summed E-state index contributed by atoms with van der Waals surface area (Å²) in [6, 6.07) is 12.9. The van der Waals surface area contributed by atoms with Crippen molar-refractivity contribution in [1.82, 2.24) is 5.32 Å². The molecule has 0 fully saturated rings. The molecule has 112 valence electrons. The molecule has 1 atom stereocenters. The second-order valence-corrected chi connectivity index (χ2v) is 6.76. The van der Waals surface area contributed by atoms with Gasteiger partial charge in [0.2, 0.25) is 0 Å². The summed E-state index contributed by atoms with van der Waals surface area (Å²) in [6.07, 6.45) is 0. The molecule has 0 amide bonds. The lowest BCUT2D eigenvalue weighted by Crippen LogP contribution is -2.19. The molecule has 1 N–H and O–H groups in total. The predicted molar refractivity (Wildman–Crippen MR) is 100 cm³/mol. The summed E-state index contributed by atoms with van der Waals surface area (Å²) in [4.78, 5) is 0.